The number of amidine groups is 1. The van der Waals surface area contributed by atoms with Gasteiger partial charge >= 0.3 is 0 Å². The van der Waals surface area contributed by atoms with Crippen molar-refractivity contribution in [3.05, 3.63) is 53.6 Å². The third-order valence-corrected chi connectivity index (χ3v) is 5.63. The summed E-state index contributed by atoms with van der Waals surface area (Å²) in [4.78, 5) is 27.0. The fraction of sp³-hybridized carbons (Fsp3) is 0.391. The quantitative estimate of drug-likeness (QED) is 0.510. The first-order valence-electron chi connectivity index (χ1n) is 9.64. The number of amides is 1. The maximum Gasteiger partial charge on any atom is 0.243 e. The predicted molar refractivity (Wildman–Crippen MR) is 121 cm³/mol. The minimum absolute atomic E-state index is 0.0178. The van der Waals surface area contributed by atoms with Crippen molar-refractivity contribution in [1.82, 2.24) is 0 Å². The molecular weight excluding hydrogens is 382 g/mol. The first-order chi connectivity index (χ1) is 13.5. The lowest BCUT2D eigenvalue weighted by Gasteiger charge is -2.30. The molecule has 5 nitrogen and oxygen atoms in total. The number of anilines is 1. The number of para-hydroxylation sites is 1. The van der Waals surface area contributed by atoms with Gasteiger partial charge in [0.05, 0.1) is 17.2 Å². The molecule has 0 radical (unpaired) electrons. The Morgan fingerprint density at radius 3 is 1.93 bits per heavy atom. The Bertz CT molecular complexity index is 922. The molecule has 0 spiro atoms. The summed E-state index contributed by atoms with van der Waals surface area (Å²) < 4.78 is 0. The number of carbonyl (C=O) groups excluding carboxylic acids is 2. The van der Waals surface area contributed by atoms with E-state index in [2.05, 4.69) is 10.2 Å². The molecule has 1 aliphatic carbocycles. The van der Waals surface area contributed by atoms with E-state index in [0.717, 1.165) is 16.8 Å². The van der Waals surface area contributed by atoms with Crippen LogP contribution in [0.4, 0.5) is 5.69 Å². The SMILES string of the molecule is CC(C)(C)C1=CC(=N/N=C2/SCC(=O)N2c2ccccc2)C=C(C(C)(C)C)C1=O. The molecular formula is C23H27N3O2S. The number of carbonyl (C=O) groups is 2. The average Bonchev–Trinajstić information content (AvgIpc) is 3.00. The molecule has 1 aromatic rings. The molecule has 0 unspecified atom stereocenters. The summed E-state index contributed by atoms with van der Waals surface area (Å²) in [5.41, 5.74) is 2.24. The molecule has 1 amide bonds. The average molecular weight is 410 g/mol. The third kappa shape index (κ3) is 4.58. The molecule has 0 bridgehead atoms. The van der Waals surface area contributed by atoms with E-state index < -0.39 is 0 Å². The molecule has 0 saturated carbocycles. The zero-order valence-electron chi connectivity index (χ0n) is 17.8. The summed E-state index contributed by atoms with van der Waals surface area (Å²) in [5, 5.41) is 9.35. The summed E-state index contributed by atoms with van der Waals surface area (Å²) in [6, 6.07) is 9.43. The molecule has 1 heterocycles. The van der Waals surface area contributed by atoms with Gasteiger partial charge in [-0.3, -0.25) is 14.5 Å². The van der Waals surface area contributed by atoms with Gasteiger partial charge in [0.1, 0.15) is 0 Å². The summed E-state index contributed by atoms with van der Waals surface area (Å²) >= 11 is 1.37. The lowest BCUT2D eigenvalue weighted by Crippen LogP contribution is -2.30. The molecule has 152 valence electrons. The van der Waals surface area contributed by atoms with Crippen molar-refractivity contribution >= 4 is 40.0 Å². The fourth-order valence-electron chi connectivity index (χ4n) is 3.15. The number of ketones is 1. The smallest absolute Gasteiger partial charge is 0.243 e. The highest BCUT2D eigenvalue weighted by Crippen LogP contribution is 2.37. The van der Waals surface area contributed by atoms with Gasteiger partial charge in [0.2, 0.25) is 5.91 Å². The van der Waals surface area contributed by atoms with E-state index in [1.807, 2.05) is 84.0 Å². The standard InChI is InChI=1S/C23H27N3O2S/c1-22(2,3)17-12-15(13-18(20(17)28)23(4,5)6)24-25-21-26(19(27)14-29-21)16-10-8-7-9-11-16/h7-13H,14H2,1-6H3/b25-21+. The van der Waals surface area contributed by atoms with Crippen molar-refractivity contribution in [3.63, 3.8) is 0 Å². The van der Waals surface area contributed by atoms with Crippen LogP contribution >= 0.6 is 11.8 Å². The van der Waals surface area contributed by atoms with Gasteiger partial charge < -0.3 is 0 Å². The maximum absolute atomic E-state index is 13.0. The first-order valence-corrected chi connectivity index (χ1v) is 10.6. The Morgan fingerprint density at radius 2 is 1.41 bits per heavy atom. The Kier molecular flexibility index (Phi) is 5.68. The lowest BCUT2D eigenvalue weighted by atomic mass is 9.72. The monoisotopic (exact) mass is 409 g/mol. The van der Waals surface area contributed by atoms with Crippen molar-refractivity contribution in [2.24, 2.45) is 21.0 Å². The summed E-state index contributed by atoms with van der Waals surface area (Å²) in [6.07, 6.45) is 3.63. The van der Waals surface area contributed by atoms with E-state index in [-0.39, 0.29) is 22.5 Å². The van der Waals surface area contributed by atoms with E-state index in [1.165, 1.54) is 11.8 Å². The molecule has 6 heteroatoms. The van der Waals surface area contributed by atoms with Crippen LogP contribution in [-0.2, 0) is 9.59 Å². The van der Waals surface area contributed by atoms with E-state index in [1.54, 1.807) is 4.90 Å². The van der Waals surface area contributed by atoms with E-state index in [9.17, 15) is 9.59 Å². The van der Waals surface area contributed by atoms with Gasteiger partial charge in [-0.15, -0.1) is 10.2 Å². The molecule has 1 aromatic carbocycles. The Hall–Kier alpha value is -2.47. The second kappa shape index (κ2) is 7.75. The lowest BCUT2D eigenvalue weighted by molar-refractivity contribution is -0.115. The number of benzene rings is 1. The number of nitrogens with zero attached hydrogens (tertiary/aromatic N) is 3. The molecule has 29 heavy (non-hydrogen) atoms. The van der Waals surface area contributed by atoms with Crippen molar-refractivity contribution in [2.75, 3.05) is 10.7 Å². The van der Waals surface area contributed by atoms with Crippen LogP contribution in [0.15, 0.2) is 63.8 Å². The van der Waals surface area contributed by atoms with Gasteiger partial charge in [-0.25, -0.2) is 0 Å². The summed E-state index contributed by atoms with van der Waals surface area (Å²) in [7, 11) is 0. The molecule has 0 N–H and O–H groups in total. The van der Waals surface area contributed by atoms with E-state index in [0.29, 0.717) is 16.6 Å². The molecule has 2 aliphatic rings. The molecule has 0 atom stereocenters. The highest BCUT2D eigenvalue weighted by atomic mass is 32.2. The van der Waals surface area contributed by atoms with Crippen molar-refractivity contribution in [2.45, 2.75) is 41.5 Å². The number of hydrogen-bond acceptors (Lipinski definition) is 5. The molecule has 1 fully saturated rings. The number of thioether (sulfide) groups is 1. The minimum atomic E-state index is -0.302. The van der Waals surface area contributed by atoms with Crippen molar-refractivity contribution in [1.29, 1.82) is 0 Å². The van der Waals surface area contributed by atoms with Crippen LogP contribution in [0.25, 0.3) is 0 Å². The largest absolute Gasteiger partial charge is 0.289 e. The van der Waals surface area contributed by atoms with Gasteiger partial charge in [-0.05, 0) is 35.1 Å². The second-order valence-corrected chi connectivity index (χ2v) is 10.1. The van der Waals surface area contributed by atoms with Gasteiger partial charge in [-0.2, -0.15) is 0 Å². The van der Waals surface area contributed by atoms with Crippen LogP contribution in [0.2, 0.25) is 0 Å². The fourth-order valence-corrected chi connectivity index (χ4v) is 3.97. The van der Waals surface area contributed by atoms with Crippen LogP contribution < -0.4 is 4.90 Å². The van der Waals surface area contributed by atoms with E-state index >= 15 is 0 Å². The minimum Gasteiger partial charge on any atom is -0.289 e. The predicted octanol–water partition coefficient (Wildman–Crippen LogP) is 5.01. The van der Waals surface area contributed by atoms with Crippen molar-refractivity contribution in [3.8, 4) is 0 Å². The number of Topliss-reactive ketones (excluding diaryl/α,β-unsaturated/α-hetero) is 1. The third-order valence-electron chi connectivity index (χ3n) is 4.72. The van der Waals surface area contributed by atoms with E-state index in [4.69, 9.17) is 0 Å². The van der Waals surface area contributed by atoms with Gasteiger partial charge in [0.25, 0.3) is 0 Å². The van der Waals surface area contributed by atoms with Gasteiger partial charge in [0, 0.05) is 11.1 Å². The highest BCUT2D eigenvalue weighted by Gasteiger charge is 2.35. The Morgan fingerprint density at radius 1 is 0.862 bits per heavy atom. The molecule has 1 saturated heterocycles. The number of allylic oxidation sites excluding steroid dienone is 4. The Labute approximate surface area is 176 Å². The van der Waals surface area contributed by atoms with Crippen LogP contribution in [0.1, 0.15) is 41.5 Å². The number of rotatable bonds is 2. The van der Waals surface area contributed by atoms with Gasteiger partial charge in [0.15, 0.2) is 11.0 Å². The zero-order chi connectivity index (χ0) is 21.4. The van der Waals surface area contributed by atoms with Crippen molar-refractivity contribution < 1.29 is 9.59 Å². The van der Waals surface area contributed by atoms with Crippen LogP contribution in [0.3, 0.4) is 0 Å². The summed E-state index contributed by atoms with van der Waals surface area (Å²) in [5.74, 6) is 0.382. The summed E-state index contributed by atoms with van der Waals surface area (Å²) in [6.45, 7) is 12.1. The highest BCUT2D eigenvalue weighted by molar-refractivity contribution is 8.15. The zero-order valence-corrected chi connectivity index (χ0v) is 18.6. The first kappa shape index (κ1) is 21.2. The maximum atomic E-state index is 13.0. The topological polar surface area (TPSA) is 62.1 Å². The van der Waals surface area contributed by atoms with Crippen LogP contribution in [-0.4, -0.2) is 28.3 Å². The van der Waals surface area contributed by atoms with Crippen LogP contribution in [0.5, 0.6) is 0 Å². The number of hydrogen-bond donors (Lipinski definition) is 0. The normalized spacial score (nSPS) is 19.6. The molecule has 1 aliphatic heterocycles. The Balaban J connectivity index is 2.03. The molecule has 0 aromatic heterocycles. The van der Waals surface area contributed by atoms with Crippen LogP contribution in [0, 0.1) is 10.8 Å². The second-order valence-electron chi connectivity index (χ2n) is 9.21. The molecule has 3 rings (SSSR count). The van der Waals surface area contributed by atoms with Gasteiger partial charge in [-0.1, -0.05) is 71.5 Å².